The molecule has 106 valence electrons. The van der Waals surface area contributed by atoms with Crippen LogP contribution in [0.5, 0.6) is 0 Å². The van der Waals surface area contributed by atoms with Crippen LogP contribution < -0.4 is 10.6 Å². The van der Waals surface area contributed by atoms with Crippen LogP contribution in [-0.2, 0) is 0 Å². The number of nitrogens with one attached hydrogen (secondary N) is 2. The fraction of sp³-hybridized carbons (Fsp3) is 0.923. The smallest absolute Gasteiger partial charge is 0.190 e. The summed E-state index contributed by atoms with van der Waals surface area (Å²) < 4.78 is 0. The molecule has 2 N–H and O–H groups in total. The van der Waals surface area contributed by atoms with Gasteiger partial charge in [-0.25, -0.2) is 0 Å². The van der Waals surface area contributed by atoms with Crippen molar-refractivity contribution in [3.8, 4) is 0 Å². The zero-order valence-corrected chi connectivity index (χ0v) is 14.4. The van der Waals surface area contributed by atoms with Crippen molar-refractivity contribution in [3.05, 3.63) is 0 Å². The lowest BCUT2D eigenvalue weighted by atomic mass is 9.85. The monoisotopic (exact) mass is 383 g/mol. The van der Waals surface area contributed by atoms with Gasteiger partial charge in [0.2, 0.25) is 0 Å². The highest BCUT2D eigenvalue weighted by Gasteiger charge is 2.18. The quantitative estimate of drug-likeness (QED) is 0.445. The minimum absolute atomic E-state index is 0. The van der Waals surface area contributed by atoms with E-state index in [4.69, 9.17) is 0 Å². The van der Waals surface area contributed by atoms with Crippen LogP contribution in [0.4, 0.5) is 0 Å². The highest BCUT2D eigenvalue weighted by molar-refractivity contribution is 14.0. The molecule has 2 rings (SSSR count). The molecule has 1 heterocycles. The zero-order chi connectivity index (χ0) is 11.9. The van der Waals surface area contributed by atoms with E-state index in [2.05, 4.69) is 27.4 Å². The van der Waals surface area contributed by atoms with E-state index >= 15 is 0 Å². The van der Waals surface area contributed by atoms with Gasteiger partial charge in [0.1, 0.15) is 0 Å². The highest BCUT2D eigenvalue weighted by Crippen LogP contribution is 2.25. The number of rotatable bonds is 4. The predicted molar refractivity (Wildman–Crippen MR) is 92.2 cm³/mol. The molecular formula is C13H26IN3S. The lowest BCUT2D eigenvalue weighted by Gasteiger charge is -2.27. The fourth-order valence-electron chi connectivity index (χ4n) is 2.35. The molecule has 1 saturated carbocycles. The summed E-state index contributed by atoms with van der Waals surface area (Å²) in [6.45, 7) is 2.19. The Morgan fingerprint density at radius 1 is 1.06 bits per heavy atom. The summed E-state index contributed by atoms with van der Waals surface area (Å²) in [6.07, 6.45) is 6.92. The van der Waals surface area contributed by atoms with Crippen molar-refractivity contribution >= 4 is 41.7 Å². The van der Waals surface area contributed by atoms with E-state index < -0.39 is 0 Å². The van der Waals surface area contributed by atoms with Crippen LogP contribution in [0.3, 0.4) is 0 Å². The molecule has 0 amide bonds. The number of guanidine groups is 1. The Morgan fingerprint density at radius 2 is 1.61 bits per heavy atom. The Kier molecular flexibility index (Phi) is 8.46. The summed E-state index contributed by atoms with van der Waals surface area (Å²) in [7, 11) is 1.87. The number of hydrogen-bond donors (Lipinski definition) is 2. The van der Waals surface area contributed by atoms with Crippen molar-refractivity contribution in [2.75, 3.05) is 31.6 Å². The van der Waals surface area contributed by atoms with Crippen LogP contribution in [0, 0.1) is 11.8 Å². The molecule has 1 aliphatic carbocycles. The van der Waals surface area contributed by atoms with E-state index in [9.17, 15) is 0 Å². The Labute approximate surface area is 132 Å². The summed E-state index contributed by atoms with van der Waals surface area (Å²) in [5, 5.41) is 6.92. The molecule has 0 aromatic heterocycles. The van der Waals surface area contributed by atoms with Crippen LogP contribution in [0.2, 0.25) is 0 Å². The average Bonchev–Trinajstić information content (AvgIpc) is 2.32. The highest BCUT2D eigenvalue weighted by atomic mass is 127. The molecule has 3 nitrogen and oxygen atoms in total. The molecule has 0 atom stereocenters. The number of thioether (sulfide) groups is 1. The van der Waals surface area contributed by atoms with Gasteiger partial charge >= 0.3 is 0 Å². The molecule has 0 aromatic rings. The topological polar surface area (TPSA) is 36.4 Å². The van der Waals surface area contributed by atoms with Crippen LogP contribution >= 0.6 is 35.7 Å². The summed E-state index contributed by atoms with van der Waals surface area (Å²) in [4.78, 5) is 4.29. The van der Waals surface area contributed by atoms with Crippen molar-refractivity contribution < 1.29 is 0 Å². The van der Waals surface area contributed by atoms with Gasteiger partial charge in [0.05, 0.1) is 0 Å². The van der Waals surface area contributed by atoms with Crippen molar-refractivity contribution in [2.24, 2.45) is 16.8 Å². The van der Waals surface area contributed by atoms with Crippen molar-refractivity contribution in [1.82, 2.24) is 10.6 Å². The van der Waals surface area contributed by atoms with Gasteiger partial charge in [-0.2, -0.15) is 11.8 Å². The Balaban J connectivity index is 0.00000162. The van der Waals surface area contributed by atoms with E-state index in [-0.39, 0.29) is 24.0 Å². The molecule has 0 radical (unpaired) electrons. The number of hydrogen-bond acceptors (Lipinski definition) is 2. The molecule has 5 heteroatoms. The van der Waals surface area contributed by atoms with E-state index in [1.807, 2.05) is 7.05 Å². The maximum atomic E-state index is 4.29. The first-order valence-electron chi connectivity index (χ1n) is 6.90. The van der Waals surface area contributed by atoms with Gasteiger partial charge in [-0.15, -0.1) is 24.0 Å². The van der Waals surface area contributed by atoms with Crippen LogP contribution in [0.25, 0.3) is 0 Å². The lowest BCUT2D eigenvalue weighted by Crippen LogP contribution is -2.43. The molecule has 18 heavy (non-hydrogen) atoms. The van der Waals surface area contributed by atoms with Crippen LogP contribution in [-0.4, -0.2) is 37.6 Å². The van der Waals surface area contributed by atoms with Crippen molar-refractivity contribution in [3.63, 3.8) is 0 Å². The Bertz CT molecular complexity index is 251. The second-order valence-electron chi connectivity index (χ2n) is 5.19. The molecule has 2 aliphatic rings. The Hall–Kier alpha value is 0.350. The van der Waals surface area contributed by atoms with Gasteiger partial charge in [-0.3, -0.25) is 4.99 Å². The van der Waals surface area contributed by atoms with Gasteiger partial charge in [0, 0.05) is 20.1 Å². The third kappa shape index (κ3) is 5.55. The van der Waals surface area contributed by atoms with E-state index in [0.717, 1.165) is 30.9 Å². The van der Waals surface area contributed by atoms with Crippen molar-refractivity contribution in [1.29, 1.82) is 0 Å². The molecule has 0 bridgehead atoms. The first-order valence-corrected chi connectivity index (χ1v) is 8.06. The molecule has 1 saturated heterocycles. The van der Waals surface area contributed by atoms with Gasteiger partial charge in [0.15, 0.2) is 5.96 Å². The first-order chi connectivity index (χ1) is 8.38. The summed E-state index contributed by atoms with van der Waals surface area (Å²) >= 11 is 2.09. The van der Waals surface area contributed by atoms with Gasteiger partial charge in [-0.05, 0) is 49.0 Å². The minimum Gasteiger partial charge on any atom is -0.356 e. The molecule has 2 fully saturated rings. The number of nitrogens with zero attached hydrogens (tertiary/aromatic N) is 1. The SMILES string of the molecule is CN=C(NCC1CCC1)NCC1CCSCC1.I. The summed E-state index contributed by atoms with van der Waals surface area (Å²) in [6, 6.07) is 0. The standard InChI is InChI=1S/C13H25N3S.HI/c1-14-13(15-9-11-3-2-4-11)16-10-12-5-7-17-8-6-12;/h11-12H,2-10H2,1H3,(H2,14,15,16);1H. The maximum Gasteiger partial charge on any atom is 0.190 e. The maximum absolute atomic E-state index is 4.29. The Morgan fingerprint density at radius 3 is 2.06 bits per heavy atom. The average molecular weight is 383 g/mol. The van der Waals surface area contributed by atoms with Crippen LogP contribution in [0.1, 0.15) is 32.1 Å². The van der Waals surface area contributed by atoms with Crippen LogP contribution in [0.15, 0.2) is 4.99 Å². The third-order valence-corrected chi connectivity index (χ3v) is 4.95. The van der Waals surface area contributed by atoms with Gasteiger partial charge in [-0.1, -0.05) is 6.42 Å². The van der Waals surface area contributed by atoms with E-state index in [1.165, 1.54) is 43.6 Å². The summed E-state index contributed by atoms with van der Waals surface area (Å²) in [5.74, 6) is 5.40. The third-order valence-electron chi connectivity index (χ3n) is 3.91. The van der Waals surface area contributed by atoms with E-state index in [1.54, 1.807) is 0 Å². The zero-order valence-electron chi connectivity index (χ0n) is 11.3. The van der Waals surface area contributed by atoms with Gasteiger partial charge < -0.3 is 10.6 Å². The van der Waals surface area contributed by atoms with Crippen molar-refractivity contribution in [2.45, 2.75) is 32.1 Å². The van der Waals surface area contributed by atoms with E-state index in [0.29, 0.717) is 0 Å². The number of halogens is 1. The molecule has 0 spiro atoms. The second-order valence-corrected chi connectivity index (χ2v) is 6.41. The molecule has 1 aliphatic heterocycles. The predicted octanol–water partition coefficient (Wildman–Crippen LogP) is 2.71. The lowest BCUT2D eigenvalue weighted by molar-refractivity contribution is 0.314. The first kappa shape index (κ1) is 16.4. The molecule has 0 unspecified atom stereocenters. The normalized spacial score (nSPS) is 21.9. The minimum atomic E-state index is 0. The largest absolute Gasteiger partial charge is 0.356 e. The fourth-order valence-corrected chi connectivity index (χ4v) is 3.55. The number of aliphatic imine (C=N–C) groups is 1. The molecular weight excluding hydrogens is 357 g/mol. The summed E-state index contributed by atoms with van der Waals surface area (Å²) in [5.41, 5.74) is 0. The molecule has 0 aromatic carbocycles. The second kappa shape index (κ2) is 9.28. The van der Waals surface area contributed by atoms with Gasteiger partial charge in [0.25, 0.3) is 0 Å².